The Labute approximate surface area is 213 Å². The first kappa shape index (κ1) is 23.9. The van der Waals surface area contributed by atoms with Gasteiger partial charge >= 0.3 is 0 Å². The molecule has 0 atom stereocenters. The van der Waals surface area contributed by atoms with Gasteiger partial charge in [-0.15, -0.1) is 0 Å². The summed E-state index contributed by atoms with van der Waals surface area (Å²) in [6.45, 7) is 0.995. The zero-order valence-electron chi connectivity index (χ0n) is 20.2. The van der Waals surface area contributed by atoms with Crippen LogP contribution < -0.4 is 20.3 Å². The van der Waals surface area contributed by atoms with Gasteiger partial charge in [-0.05, 0) is 60.2 Å². The van der Waals surface area contributed by atoms with Crippen molar-refractivity contribution >= 4 is 39.6 Å². The summed E-state index contributed by atoms with van der Waals surface area (Å²) in [5.74, 6) is 1.68. The monoisotopic (exact) mass is 494 g/mol. The minimum atomic E-state index is -0.582. The lowest BCUT2D eigenvalue weighted by atomic mass is 10.1. The summed E-state index contributed by atoms with van der Waals surface area (Å²) in [4.78, 5) is 19.6. The maximum Gasteiger partial charge on any atom is 0.267 e. The third-order valence-corrected chi connectivity index (χ3v) is 5.95. The zero-order chi connectivity index (χ0) is 25.6. The van der Waals surface area contributed by atoms with Gasteiger partial charge in [0.25, 0.3) is 5.91 Å². The highest BCUT2D eigenvalue weighted by molar-refractivity contribution is 6.11. The molecule has 37 heavy (non-hydrogen) atoms. The van der Waals surface area contributed by atoms with Crippen LogP contribution in [0.3, 0.4) is 0 Å². The van der Waals surface area contributed by atoms with E-state index in [0.717, 1.165) is 50.2 Å². The summed E-state index contributed by atoms with van der Waals surface area (Å²) in [7, 11) is 1.65. The van der Waals surface area contributed by atoms with Gasteiger partial charge in [-0.2, -0.15) is 0 Å². The van der Waals surface area contributed by atoms with Crippen molar-refractivity contribution in [3.63, 3.8) is 0 Å². The molecule has 0 bridgehead atoms. The van der Waals surface area contributed by atoms with E-state index in [2.05, 4.69) is 28.5 Å². The second-order valence-electron chi connectivity index (χ2n) is 8.33. The molecule has 0 saturated carbocycles. The minimum absolute atomic E-state index is 0.438. The molecule has 0 unspecified atom stereocenters. The molecule has 4 N–H and O–H groups in total. The van der Waals surface area contributed by atoms with Crippen LogP contribution in [-0.4, -0.2) is 41.3 Å². The fourth-order valence-electron chi connectivity index (χ4n) is 4.13. The van der Waals surface area contributed by atoms with Gasteiger partial charge in [-0.25, -0.2) is 10.5 Å². The second kappa shape index (κ2) is 10.8. The average Bonchev–Trinajstić information content (AvgIpc) is 3.33. The molecule has 0 spiro atoms. The number of amides is 1. The lowest BCUT2D eigenvalue weighted by Gasteiger charge is -2.11. The van der Waals surface area contributed by atoms with E-state index in [1.807, 2.05) is 60.7 Å². The number of H-pyrrole nitrogens is 1. The Morgan fingerprint density at radius 2 is 1.76 bits per heavy atom. The first-order valence-corrected chi connectivity index (χ1v) is 11.8. The predicted octanol–water partition coefficient (Wildman–Crippen LogP) is 5.40. The molecule has 1 amide bonds. The minimum Gasteiger partial charge on any atom is -0.497 e. The van der Waals surface area contributed by atoms with E-state index in [9.17, 15) is 4.79 Å². The first-order chi connectivity index (χ1) is 18.1. The predicted molar refractivity (Wildman–Crippen MR) is 145 cm³/mol. The summed E-state index contributed by atoms with van der Waals surface area (Å²) in [6, 6.07) is 25.5. The zero-order valence-corrected chi connectivity index (χ0v) is 20.2. The lowest BCUT2D eigenvalue weighted by molar-refractivity contribution is -0.124. The molecule has 2 heterocycles. The maximum atomic E-state index is 11.1. The van der Waals surface area contributed by atoms with Crippen LogP contribution in [0.2, 0.25) is 0 Å². The van der Waals surface area contributed by atoms with Crippen LogP contribution in [0.15, 0.2) is 84.9 Å². The highest BCUT2D eigenvalue weighted by Gasteiger charge is 2.13. The van der Waals surface area contributed by atoms with Crippen LogP contribution in [0.1, 0.15) is 5.56 Å². The standard InChI is InChI=1S/C29H26N4O4/c1-36-21-13-9-20(10-14-21)28-29-24(23-4-2-3-5-25(23)31-29)18-26(32-28)30-16-17-37-22-11-6-19(7-12-22)8-15-27(34)33-35/h2-15,18,31,35H,16-17H2,1H3,(H,30,32)(H,33,34)/b15-8+. The summed E-state index contributed by atoms with van der Waals surface area (Å²) < 4.78 is 11.2. The van der Waals surface area contributed by atoms with Gasteiger partial charge < -0.3 is 19.8 Å². The number of aromatic nitrogens is 2. The van der Waals surface area contributed by atoms with Gasteiger partial charge in [-0.3, -0.25) is 10.0 Å². The molecule has 186 valence electrons. The number of hydroxylamine groups is 1. The van der Waals surface area contributed by atoms with Crippen LogP contribution in [0.25, 0.3) is 39.1 Å². The van der Waals surface area contributed by atoms with Gasteiger partial charge in [0.05, 0.1) is 24.9 Å². The van der Waals surface area contributed by atoms with Gasteiger partial charge in [0, 0.05) is 27.9 Å². The molecule has 8 heteroatoms. The fraction of sp³-hybridized carbons (Fsp3) is 0.103. The number of anilines is 1. The van der Waals surface area contributed by atoms with Crippen LogP contribution in [0.4, 0.5) is 5.82 Å². The van der Waals surface area contributed by atoms with Crippen molar-refractivity contribution < 1.29 is 19.5 Å². The molecule has 8 nitrogen and oxygen atoms in total. The van der Waals surface area contributed by atoms with E-state index >= 15 is 0 Å². The van der Waals surface area contributed by atoms with Crippen molar-refractivity contribution in [3.05, 3.63) is 90.5 Å². The van der Waals surface area contributed by atoms with Gasteiger partial charge in [0.15, 0.2) is 0 Å². The van der Waals surface area contributed by atoms with Gasteiger partial charge in [0.2, 0.25) is 0 Å². The van der Waals surface area contributed by atoms with E-state index in [0.29, 0.717) is 18.9 Å². The number of methoxy groups -OCH3 is 1. The largest absolute Gasteiger partial charge is 0.497 e. The molecule has 0 aliphatic carbocycles. The first-order valence-electron chi connectivity index (χ1n) is 11.8. The van der Waals surface area contributed by atoms with Gasteiger partial charge in [0.1, 0.15) is 23.9 Å². The summed E-state index contributed by atoms with van der Waals surface area (Å²) in [5, 5.41) is 14.2. The van der Waals surface area contributed by atoms with E-state index in [1.165, 1.54) is 6.08 Å². The Morgan fingerprint density at radius 1 is 1.00 bits per heavy atom. The third kappa shape index (κ3) is 5.39. The summed E-state index contributed by atoms with van der Waals surface area (Å²) in [5.41, 5.74) is 6.27. The van der Waals surface area contributed by atoms with Crippen molar-refractivity contribution in [3.8, 4) is 22.8 Å². The molecule has 0 fully saturated rings. The Kier molecular flexibility index (Phi) is 7.00. The number of carbonyl (C=O) groups is 1. The quantitative estimate of drug-likeness (QED) is 0.0946. The highest BCUT2D eigenvalue weighted by atomic mass is 16.5. The maximum absolute atomic E-state index is 11.1. The molecule has 2 aromatic heterocycles. The smallest absolute Gasteiger partial charge is 0.267 e. The number of nitrogens with one attached hydrogen (secondary N) is 3. The third-order valence-electron chi connectivity index (χ3n) is 5.95. The normalized spacial score (nSPS) is 11.2. The van der Waals surface area contributed by atoms with Crippen molar-refractivity contribution in [1.82, 2.24) is 15.4 Å². The fourth-order valence-corrected chi connectivity index (χ4v) is 4.13. The van der Waals surface area contributed by atoms with Gasteiger partial charge in [-0.1, -0.05) is 30.3 Å². The number of carbonyl (C=O) groups excluding carboxylic acids is 1. The average molecular weight is 495 g/mol. The van der Waals surface area contributed by atoms with E-state index in [1.54, 1.807) is 18.7 Å². The molecule has 0 aliphatic heterocycles. The van der Waals surface area contributed by atoms with E-state index in [4.69, 9.17) is 19.7 Å². The molecular formula is C29H26N4O4. The highest BCUT2D eigenvalue weighted by Crippen LogP contribution is 2.34. The van der Waals surface area contributed by atoms with Crippen LogP contribution >= 0.6 is 0 Å². The lowest BCUT2D eigenvalue weighted by Crippen LogP contribution is -2.14. The molecule has 5 aromatic rings. The number of fused-ring (bicyclic) bond motifs is 3. The summed E-state index contributed by atoms with van der Waals surface area (Å²) >= 11 is 0. The number of para-hydroxylation sites is 1. The van der Waals surface area contributed by atoms with Crippen LogP contribution in [0.5, 0.6) is 11.5 Å². The number of hydrogen-bond donors (Lipinski definition) is 4. The number of hydrogen-bond acceptors (Lipinski definition) is 6. The molecule has 0 radical (unpaired) electrons. The summed E-state index contributed by atoms with van der Waals surface area (Å²) in [6.07, 6.45) is 2.85. The SMILES string of the molecule is COc1ccc(-c2nc(NCCOc3ccc(/C=C/C(=O)NO)cc3)cc3c2[nH]c2ccccc23)cc1. The topological polar surface area (TPSA) is 108 Å². The second-order valence-corrected chi connectivity index (χ2v) is 8.33. The number of rotatable bonds is 9. The Balaban J connectivity index is 1.32. The molecule has 0 aliphatic rings. The number of benzene rings is 3. The number of ether oxygens (including phenoxy) is 2. The number of aromatic amines is 1. The van der Waals surface area contributed by atoms with Crippen LogP contribution in [-0.2, 0) is 4.79 Å². The Bertz CT molecular complexity index is 1560. The van der Waals surface area contributed by atoms with Crippen molar-refractivity contribution in [1.29, 1.82) is 0 Å². The Morgan fingerprint density at radius 3 is 2.51 bits per heavy atom. The van der Waals surface area contributed by atoms with Crippen LogP contribution in [0, 0.1) is 0 Å². The molecule has 5 rings (SSSR count). The van der Waals surface area contributed by atoms with Crippen molar-refractivity contribution in [2.45, 2.75) is 0 Å². The Hall–Kier alpha value is -4.82. The number of nitrogens with zero attached hydrogens (tertiary/aromatic N) is 1. The number of pyridine rings is 1. The van der Waals surface area contributed by atoms with Crippen molar-refractivity contribution in [2.24, 2.45) is 0 Å². The van der Waals surface area contributed by atoms with E-state index < -0.39 is 5.91 Å². The van der Waals surface area contributed by atoms with Crippen molar-refractivity contribution in [2.75, 3.05) is 25.6 Å². The molecular weight excluding hydrogens is 468 g/mol. The molecule has 3 aromatic carbocycles. The van der Waals surface area contributed by atoms with E-state index in [-0.39, 0.29) is 0 Å². The molecule has 0 saturated heterocycles.